The van der Waals surface area contributed by atoms with Crippen LogP contribution in [0.4, 0.5) is 0 Å². The molecule has 0 fully saturated rings. The van der Waals surface area contributed by atoms with E-state index in [1.165, 1.54) is 119 Å². The number of aryl methyl sites for hydroxylation is 3. The molecule has 3 aromatic carbocycles. The molecule has 4 heteroatoms. The van der Waals surface area contributed by atoms with Crippen molar-refractivity contribution >= 4 is 71.8 Å². The normalized spacial score (nSPS) is 14.5. The predicted molar refractivity (Wildman–Crippen MR) is 229 cm³/mol. The van der Waals surface area contributed by atoms with E-state index in [0.717, 1.165) is 36.5 Å². The molecular weight excluding hydrogens is 681 g/mol. The molecule has 1 aliphatic rings. The molecule has 5 aromatic rings. The van der Waals surface area contributed by atoms with Gasteiger partial charge in [-0.1, -0.05) is 134 Å². The maximum absolute atomic E-state index is 2.49. The van der Waals surface area contributed by atoms with Crippen molar-refractivity contribution in [1.82, 2.24) is 0 Å². The molecule has 2 aromatic heterocycles. The topological polar surface area (TPSA) is 0 Å². The lowest BCUT2D eigenvalue weighted by molar-refractivity contribution is 0.437. The van der Waals surface area contributed by atoms with E-state index in [0.29, 0.717) is 0 Å². The van der Waals surface area contributed by atoms with Crippen LogP contribution < -0.4 is 0 Å². The maximum atomic E-state index is 2.49. The first kappa shape index (κ1) is 37.8. The first-order valence-electron chi connectivity index (χ1n) is 19.4. The van der Waals surface area contributed by atoms with Gasteiger partial charge in [0, 0.05) is 29.6 Å². The fourth-order valence-corrected chi connectivity index (χ4v) is 12.0. The van der Waals surface area contributed by atoms with E-state index in [4.69, 9.17) is 0 Å². The molecule has 0 saturated heterocycles. The molecule has 0 N–H and O–H groups in total. The van der Waals surface area contributed by atoms with Crippen molar-refractivity contribution in [3.8, 4) is 0 Å². The molecule has 0 spiro atoms. The van der Waals surface area contributed by atoms with Crippen LogP contribution in [0.25, 0.3) is 25.6 Å². The molecule has 0 saturated carbocycles. The van der Waals surface area contributed by atoms with Crippen LogP contribution in [0.15, 0.2) is 86.3 Å². The van der Waals surface area contributed by atoms with Crippen LogP contribution in [0.2, 0.25) is 0 Å². The van der Waals surface area contributed by atoms with Gasteiger partial charge in [-0.15, -0.1) is 22.7 Å². The van der Waals surface area contributed by atoms with Gasteiger partial charge in [-0.25, -0.2) is 0 Å². The molecule has 2 heterocycles. The number of rotatable bonds is 18. The first-order valence-corrected chi connectivity index (χ1v) is 22.7. The van der Waals surface area contributed by atoms with E-state index in [-0.39, 0.29) is 0 Å². The van der Waals surface area contributed by atoms with Crippen LogP contribution in [0.5, 0.6) is 0 Å². The molecule has 50 heavy (non-hydrogen) atoms. The molecule has 2 unspecified atom stereocenters. The van der Waals surface area contributed by atoms with Crippen molar-refractivity contribution in [2.24, 2.45) is 23.7 Å². The summed E-state index contributed by atoms with van der Waals surface area (Å²) < 4.78 is 4.43. The van der Waals surface area contributed by atoms with E-state index < -0.39 is 0 Å². The Kier molecular flexibility index (Phi) is 13.7. The van der Waals surface area contributed by atoms with Crippen LogP contribution >= 0.6 is 46.2 Å². The Morgan fingerprint density at radius 3 is 1.70 bits per heavy atom. The number of hydrogen-bond donors (Lipinski definition) is 0. The number of thiophene rings is 2. The second-order valence-electron chi connectivity index (χ2n) is 15.9. The number of hydrogen-bond acceptors (Lipinski definition) is 4. The lowest BCUT2D eigenvalue weighted by atomic mass is 9.94. The molecular formula is C46H58S4. The summed E-state index contributed by atoms with van der Waals surface area (Å²) in [5, 5.41) is 1.43. The molecule has 1 aliphatic carbocycles. The SMILES string of the molecule is CC(C)CCCC(C)CCc1ccc(SC2=Cc3sc4c(sc5cc(Sc6ccc(CCC(C)CCCC(C)C)cc6)ccc54)c3CC2)cc1. The number of allylic oxidation sites excluding steroid dienone is 1. The average molecular weight is 739 g/mol. The molecule has 6 rings (SSSR count). The van der Waals surface area contributed by atoms with Crippen LogP contribution in [0, 0.1) is 23.7 Å². The summed E-state index contributed by atoms with van der Waals surface area (Å²) >= 11 is 7.88. The van der Waals surface area contributed by atoms with Gasteiger partial charge in [0.25, 0.3) is 0 Å². The standard InChI is InChI=1S/C46H58S4/c1-31(2)9-7-11-33(5)13-15-35-17-21-37(22-18-35)47-39-25-27-41-43(29-39)49-46-42-28-26-40(30-44(42)50-45(41)46)48-38-23-19-36(20-24-38)16-14-34(6)12-8-10-32(3)4/h17-25,27,29-34H,7-16,26,28H2,1-6H3. The van der Waals surface area contributed by atoms with Gasteiger partial charge in [0.1, 0.15) is 0 Å². The van der Waals surface area contributed by atoms with E-state index >= 15 is 0 Å². The minimum atomic E-state index is 0.813. The quantitative estimate of drug-likeness (QED) is 0.0878. The van der Waals surface area contributed by atoms with Crippen molar-refractivity contribution in [2.45, 2.75) is 133 Å². The van der Waals surface area contributed by atoms with Crippen LogP contribution in [-0.4, -0.2) is 0 Å². The Balaban J connectivity index is 1.03. The van der Waals surface area contributed by atoms with Crippen molar-refractivity contribution in [3.05, 3.63) is 93.2 Å². The van der Waals surface area contributed by atoms with Crippen molar-refractivity contribution < 1.29 is 0 Å². The molecule has 0 nitrogen and oxygen atoms in total. The number of thioether (sulfide) groups is 1. The fourth-order valence-electron chi connectivity index (χ4n) is 7.20. The third-order valence-corrected chi connectivity index (χ3v) is 15.1. The lowest BCUT2D eigenvalue weighted by Gasteiger charge is -2.14. The minimum Gasteiger partial charge on any atom is -0.134 e. The molecule has 0 bridgehead atoms. The van der Waals surface area contributed by atoms with E-state index in [2.05, 4.69) is 114 Å². The van der Waals surface area contributed by atoms with Crippen LogP contribution in [0.3, 0.4) is 0 Å². The highest BCUT2D eigenvalue weighted by atomic mass is 32.2. The van der Waals surface area contributed by atoms with E-state index in [9.17, 15) is 0 Å². The predicted octanol–water partition coefficient (Wildman–Crippen LogP) is 16.1. The summed E-state index contributed by atoms with van der Waals surface area (Å²) in [5.74, 6) is 3.29. The van der Waals surface area contributed by atoms with Gasteiger partial charge in [-0.2, -0.15) is 0 Å². The monoisotopic (exact) mass is 738 g/mol. The van der Waals surface area contributed by atoms with Gasteiger partial charge < -0.3 is 0 Å². The van der Waals surface area contributed by atoms with Crippen LogP contribution in [-0.2, 0) is 19.3 Å². The lowest BCUT2D eigenvalue weighted by Crippen LogP contribution is -1.99. The number of benzene rings is 3. The summed E-state index contributed by atoms with van der Waals surface area (Å²) in [6, 6.07) is 25.9. The van der Waals surface area contributed by atoms with Gasteiger partial charge in [0.15, 0.2) is 0 Å². The van der Waals surface area contributed by atoms with Crippen molar-refractivity contribution in [3.63, 3.8) is 0 Å². The Hall–Kier alpha value is -1.98. The Labute approximate surface area is 319 Å². The zero-order valence-electron chi connectivity index (χ0n) is 31.4. The Bertz CT molecular complexity index is 1830. The summed E-state index contributed by atoms with van der Waals surface area (Å²) in [6.45, 7) is 14.2. The van der Waals surface area contributed by atoms with E-state index in [1.807, 2.05) is 46.2 Å². The van der Waals surface area contributed by atoms with Gasteiger partial charge in [0.2, 0.25) is 0 Å². The Morgan fingerprint density at radius 2 is 1.12 bits per heavy atom. The number of fused-ring (bicyclic) bond motifs is 5. The largest absolute Gasteiger partial charge is 0.134 e. The summed E-state index contributed by atoms with van der Waals surface area (Å²) in [4.78, 5) is 7.03. The van der Waals surface area contributed by atoms with Gasteiger partial charge >= 0.3 is 0 Å². The third kappa shape index (κ3) is 10.6. The highest BCUT2D eigenvalue weighted by Gasteiger charge is 2.21. The smallest absolute Gasteiger partial charge is 0.0538 e. The highest BCUT2D eigenvalue weighted by molar-refractivity contribution is 8.03. The maximum Gasteiger partial charge on any atom is 0.0538 e. The molecule has 2 atom stereocenters. The molecule has 0 radical (unpaired) electrons. The summed E-state index contributed by atoms with van der Waals surface area (Å²) in [6.07, 6.45) is 18.0. The van der Waals surface area contributed by atoms with E-state index in [1.54, 1.807) is 5.56 Å². The van der Waals surface area contributed by atoms with Gasteiger partial charge in [-0.3, -0.25) is 0 Å². The van der Waals surface area contributed by atoms with Gasteiger partial charge in [-0.05, 0) is 126 Å². The first-order chi connectivity index (χ1) is 24.2. The highest BCUT2D eigenvalue weighted by Crippen LogP contribution is 2.48. The molecule has 266 valence electrons. The Morgan fingerprint density at radius 1 is 0.560 bits per heavy atom. The van der Waals surface area contributed by atoms with Crippen molar-refractivity contribution in [1.29, 1.82) is 0 Å². The zero-order chi connectivity index (χ0) is 35.0. The minimum absolute atomic E-state index is 0.813. The summed E-state index contributed by atoms with van der Waals surface area (Å²) in [7, 11) is 0. The zero-order valence-corrected chi connectivity index (χ0v) is 34.6. The average Bonchev–Trinajstić information content (AvgIpc) is 3.62. The molecule has 0 amide bonds. The third-order valence-electron chi connectivity index (χ3n) is 10.5. The van der Waals surface area contributed by atoms with Crippen LogP contribution in [0.1, 0.15) is 121 Å². The van der Waals surface area contributed by atoms with Gasteiger partial charge in [0.05, 0.1) is 9.40 Å². The summed E-state index contributed by atoms with van der Waals surface area (Å²) in [5.41, 5.74) is 4.53. The second kappa shape index (κ2) is 18.2. The molecule has 0 aliphatic heterocycles. The van der Waals surface area contributed by atoms with Crippen molar-refractivity contribution in [2.75, 3.05) is 0 Å². The second-order valence-corrected chi connectivity index (χ2v) is 20.4. The fraction of sp³-hybridized carbons (Fsp3) is 0.478.